The molecule has 0 aromatic heterocycles. The van der Waals surface area contributed by atoms with Crippen molar-refractivity contribution < 1.29 is 22.0 Å². The van der Waals surface area contributed by atoms with Crippen LogP contribution in [0.1, 0.15) is 0 Å². The molecule has 6 heteroatoms. The van der Waals surface area contributed by atoms with Gasteiger partial charge in [0.15, 0.2) is 0 Å². The topological polar surface area (TPSA) is 0 Å². The summed E-state index contributed by atoms with van der Waals surface area (Å²) in [6.07, 6.45) is -9.53. The van der Waals surface area contributed by atoms with Gasteiger partial charge in [-0.2, -0.15) is 13.2 Å². The number of alkyl halides is 5. The van der Waals surface area contributed by atoms with Crippen LogP contribution < -0.4 is 0 Å². The molecule has 0 unspecified atom stereocenters. The Hall–Kier alpha value is 0.650. The quantitative estimate of drug-likeness (QED) is 0.355. The zero-order valence-electron chi connectivity index (χ0n) is 3.97. The van der Waals surface area contributed by atoms with Crippen LogP contribution in [0.3, 0.4) is 0 Å². The second kappa shape index (κ2) is 3.63. The van der Waals surface area contributed by atoms with Gasteiger partial charge in [0.1, 0.15) is 0 Å². The summed E-state index contributed by atoms with van der Waals surface area (Å²) in [5.74, 6) is 0. The summed E-state index contributed by atoms with van der Waals surface area (Å²) in [6.45, 7) is 0. The van der Waals surface area contributed by atoms with Crippen molar-refractivity contribution in [2.45, 2.75) is 12.6 Å². The van der Waals surface area contributed by atoms with Gasteiger partial charge in [0.25, 0.3) is 0 Å². The molecule has 0 amide bonds. The first kappa shape index (κ1) is 11.4. The molecule has 0 spiro atoms. The molecule has 1 radical (unpaired) electrons. The predicted molar refractivity (Wildman–Crippen MR) is 17.8 cm³/mol. The summed E-state index contributed by atoms with van der Waals surface area (Å²) < 4.78 is 52.1. The maximum Gasteiger partial charge on any atom is 0.450 e. The van der Waals surface area contributed by atoms with Gasteiger partial charge < -0.3 is 0 Å². The van der Waals surface area contributed by atoms with E-state index in [1.165, 1.54) is 0 Å². The van der Waals surface area contributed by atoms with Crippen LogP contribution in [0.5, 0.6) is 0 Å². The van der Waals surface area contributed by atoms with Crippen LogP contribution in [-0.4, -0.2) is 42.2 Å². The second-order valence-corrected chi connectivity index (χ2v) is 0.842. The largest absolute Gasteiger partial charge is 0.450 e. The van der Waals surface area contributed by atoms with E-state index in [1.807, 2.05) is 0 Å². The molecule has 0 aliphatic rings. The molecule has 8 heavy (non-hydrogen) atoms. The van der Waals surface area contributed by atoms with Crippen molar-refractivity contribution in [3.63, 3.8) is 0 Å². The van der Waals surface area contributed by atoms with E-state index in [-0.39, 0.29) is 29.6 Å². The Kier molecular flexibility index (Phi) is 5.20. The van der Waals surface area contributed by atoms with E-state index in [1.54, 1.807) is 0 Å². The maximum atomic E-state index is 10.4. The molecule has 0 saturated carbocycles. The van der Waals surface area contributed by atoms with Crippen LogP contribution in [-0.2, 0) is 0 Å². The average molecular weight is 143 g/mol. The third-order valence-corrected chi connectivity index (χ3v) is 0.247. The molecular weight excluding hydrogens is 142 g/mol. The average Bonchev–Trinajstić information content (AvgIpc) is 1.31. The number of rotatable bonds is 0. The fourth-order valence-corrected chi connectivity index (χ4v) is 0. The van der Waals surface area contributed by atoms with E-state index in [2.05, 4.69) is 0 Å². The molecular formula is C2HF5Na. The Morgan fingerprint density at radius 2 is 1.12 bits per heavy atom. The van der Waals surface area contributed by atoms with Gasteiger partial charge in [-0.15, -0.1) is 0 Å². The van der Waals surface area contributed by atoms with Crippen molar-refractivity contribution in [2.75, 3.05) is 0 Å². The van der Waals surface area contributed by atoms with Gasteiger partial charge in [0.05, 0.1) is 0 Å². The minimum Gasteiger partial charge on any atom is -0.200 e. The van der Waals surface area contributed by atoms with Crippen molar-refractivity contribution in [3.8, 4) is 0 Å². The smallest absolute Gasteiger partial charge is 0.200 e. The van der Waals surface area contributed by atoms with Crippen LogP contribution in [0.25, 0.3) is 0 Å². The first-order valence-corrected chi connectivity index (χ1v) is 1.29. The fraction of sp³-hybridized carbons (Fsp3) is 1.00. The summed E-state index contributed by atoms with van der Waals surface area (Å²) in [6, 6.07) is 0. The molecule has 0 fully saturated rings. The molecule has 0 N–H and O–H groups in total. The van der Waals surface area contributed by atoms with Crippen LogP contribution >= 0.6 is 0 Å². The van der Waals surface area contributed by atoms with Crippen molar-refractivity contribution in [2.24, 2.45) is 0 Å². The summed E-state index contributed by atoms with van der Waals surface area (Å²) in [5, 5.41) is 0. The zero-order chi connectivity index (χ0) is 6.08. The van der Waals surface area contributed by atoms with Gasteiger partial charge in [0, 0.05) is 29.6 Å². The van der Waals surface area contributed by atoms with Crippen LogP contribution in [0.2, 0.25) is 0 Å². The van der Waals surface area contributed by atoms with Gasteiger partial charge in [-0.1, -0.05) is 0 Å². The van der Waals surface area contributed by atoms with E-state index in [0.29, 0.717) is 0 Å². The number of hydrogen-bond donors (Lipinski definition) is 0. The molecule has 0 aromatic carbocycles. The first-order chi connectivity index (χ1) is 2.94. The predicted octanol–water partition coefficient (Wildman–Crippen LogP) is 1.43. The van der Waals surface area contributed by atoms with Crippen molar-refractivity contribution in [3.05, 3.63) is 0 Å². The number of halogens is 5. The van der Waals surface area contributed by atoms with Gasteiger partial charge >= 0.3 is 12.6 Å². The van der Waals surface area contributed by atoms with E-state index < -0.39 is 12.6 Å². The van der Waals surface area contributed by atoms with E-state index in [9.17, 15) is 22.0 Å². The molecule has 0 heterocycles. The van der Waals surface area contributed by atoms with Crippen molar-refractivity contribution >= 4 is 29.6 Å². The van der Waals surface area contributed by atoms with Gasteiger partial charge in [0.2, 0.25) is 0 Å². The molecule has 0 rings (SSSR count). The van der Waals surface area contributed by atoms with E-state index >= 15 is 0 Å². The fourth-order valence-electron chi connectivity index (χ4n) is 0. The molecule has 0 nitrogen and oxygen atoms in total. The monoisotopic (exact) mass is 143 g/mol. The van der Waals surface area contributed by atoms with Crippen LogP contribution in [0, 0.1) is 0 Å². The third kappa shape index (κ3) is 4.80. The molecule has 0 aromatic rings. The molecule has 0 aliphatic carbocycles. The SMILES string of the molecule is FC(F)C(F)(F)F.[Na]. The summed E-state index contributed by atoms with van der Waals surface area (Å²) in [7, 11) is 0. The van der Waals surface area contributed by atoms with Gasteiger partial charge in [-0.25, -0.2) is 8.78 Å². The Morgan fingerprint density at radius 1 is 1.00 bits per heavy atom. The van der Waals surface area contributed by atoms with Gasteiger partial charge in [-0.3, -0.25) is 0 Å². The maximum absolute atomic E-state index is 10.4. The molecule has 0 bridgehead atoms. The Bertz CT molecular complexity index is 55.9. The van der Waals surface area contributed by atoms with E-state index in [4.69, 9.17) is 0 Å². The van der Waals surface area contributed by atoms with E-state index in [0.717, 1.165) is 0 Å². The molecule has 0 aliphatic heterocycles. The molecule has 0 atom stereocenters. The Balaban J connectivity index is 0. The summed E-state index contributed by atoms with van der Waals surface area (Å²) in [5.41, 5.74) is 0. The Morgan fingerprint density at radius 3 is 1.12 bits per heavy atom. The third-order valence-electron chi connectivity index (χ3n) is 0.247. The Labute approximate surface area is 64.3 Å². The van der Waals surface area contributed by atoms with Crippen LogP contribution in [0.15, 0.2) is 0 Å². The van der Waals surface area contributed by atoms with Gasteiger partial charge in [-0.05, 0) is 0 Å². The zero-order valence-corrected chi connectivity index (χ0v) is 5.97. The van der Waals surface area contributed by atoms with Crippen LogP contribution in [0.4, 0.5) is 22.0 Å². The minimum atomic E-state index is -5.33. The van der Waals surface area contributed by atoms with Crippen molar-refractivity contribution in [1.82, 2.24) is 0 Å². The summed E-state index contributed by atoms with van der Waals surface area (Å²) in [4.78, 5) is 0. The number of hydrogen-bond acceptors (Lipinski definition) is 0. The summed E-state index contributed by atoms with van der Waals surface area (Å²) >= 11 is 0. The standard InChI is InChI=1S/C2HF5.Na/c3-1(4)2(5,6)7;/h1H;. The van der Waals surface area contributed by atoms with Crippen molar-refractivity contribution in [1.29, 1.82) is 0 Å². The molecule has 0 saturated heterocycles. The minimum absolute atomic E-state index is 0. The first-order valence-electron chi connectivity index (χ1n) is 1.29. The second-order valence-electron chi connectivity index (χ2n) is 0.842. The molecule has 45 valence electrons. The normalized spacial score (nSPS) is 11.2.